The number of rotatable bonds is 4. The van der Waals surface area contributed by atoms with Crippen molar-refractivity contribution in [2.75, 3.05) is 13.7 Å². The molecule has 1 heterocycles. The Kier molecular flexibility index (Phi) is 4.05. The third kappa shape index (κ3) is 2.53. The number of nitriles is 1. The van der Waals surface area contributed by atoms with E-state index < -0.39 is 11.4 Å². The molecule has 17 heavy (non-hydrogen) atoms. The van der Waals surface area contributed by atoms with Crippen LogP contribution in [0.4, 0.5) is 0 Å². The van der Waals surface area contributed by atoms with Gasteiger partial charge in [0.15, 0.2) is 5.41 Å². The Morgan fingerprint density at radius 1 is 1.59 bits per heavy atom. The third-order valence-electron chi connectivity index (χ3n) is 2.39. The lowest BCUT2D eigenvalue weighted by atomic mass is 9.88. The molecule has 0 fully saturated rings. The van der Waals surface area contributed by atoms with Crippen molar-refractivity contribution in [2.45, 2.75) is 19.3 Å². The maximum Gasteiger partial charge on any atom is 0.332 e. The topological polar surface area (TPSA) is 72.2 Å². The van der Waals surface area contributed by atoms with Gasteiger partial charge in [0.05, 0.1) is 31.7 Å². The highest BCUT2D eigenvalue weighted by atomic mass is 16.5. The minimum absolute atomic E-state index is 0.228. The summed E-state index contributed by atoms with van der Waals surface area (Å²) in [6, 6.07) is 5.17. The third-order valence-corrected chi connectivity index (χ3v) is 2.39. The number of esters is 1. The molecule has 1 unspecified atom stereocenters. The summed E-state index contributed by atoms with van der Waals surface area (Å²) in [5.41, 5.74) is -1.04. The smallest absolute Gasteiger partial charge is 0.332 e. The highest BCUT2D eigenvalue weighted by Gasteiger charge is 2.38. The Balaban J connectivity index is 3.08. The van der Waals surface area contributed by atoms with Crippen LogP contribution < -0.4 is 4.74 Å². The summed E-state index contributed by atoms with van der Waals surface area (Å²) >= 11 is 0. The first-order valence-electron chi connectivity index (χ1n) is 5.17. The molecule has 0 saturated heterocycles. The summed E-state index contributed by atoms with van der Waals surface area (Å²) in [7, 11) is 1.52. The standard InChI is InChI=1S/C12H14N2O3/c1-4-17-11(15)12(2,8-13)10-6-5-9(16-3)7-14-10/h5-7H,4H2,1-3H3. The van der Waals surface area contributed by atoms with E-state index in [1.807, 2.05) is 6.07 Å². The van der Waals surface area contributed by atoms with E-state index in [0.717, 1.165) is 0 Å². The molecule has 5 heteroatoms. The lowest BCUT2D eigenvalue weighted by molar-refractivity contribution is -0.147. The van der Waals surface area contributed by atoms with Crippen LogP contribution in [0.15, 0.2) is 18.3 Å². The van der Waals surface area contributed by atoms with Crippen molar-refractivity contribution in [3.8, 4) is 11.8 Å². The van der Waals surface area contributed by atoms with Crippen LogP contribution in [-0.4, -0.2) is 24.7 Å². The second kappa shape index (κ2) is 5.30. The number of methoxy groups -OCH3 is 1. The van der Waals surface area contributed by atoms with Gasteiger partial charge in [-0.1, -0.05) is 0 Å². The Labute approximate surface area is 100.0 Å². The first-order chi connectivity index (χ1) is 8.08. The zero-order chi connectivity index (χ0) is 12.9. The molecule has 1 aromatic rings. The van der Waals surface area contributed by atoms with Gasteiger partial charge in [0.25, 0.3) is 0 Å². The van der Waals surface area contributed by atoms with Crippen LogP contribution >= 0.6 is 0 Å². The molecule has 0 aliphatic carbocycles. The number of aromatic nitrogens is 1. The quantitative estimate of drug-likeness (QED) is 0.737. The average Bonchev–Trinajstić information content (AvgIpc) is 2.38. The predicted octanol–water partition coefficient (Wildman–Crippen LogP) is 1.43. The first-order valence-corrected chi connectivity index (χ1v) is 5.17. The highest BCUT2D eigenvalue weighted by molar-refractivity contribution is 5.85. The van der Waals surface area contributed by atoms with Gasteiger partial charge in [-0.3, -0.25) is 4.98 Å². The largest absolute Gasteiger partial charge is 0.495 e. The molecule has 1 aromatic heterocycles. The zero-order valence-corrected chi connectivity index (χ0v) is 10.1. The predicted molar refractivity (Wildman–Crippen MR) is 60.4 cm³/mol. The van der Waals surface area contributed by atoms with Gasteiger partial charge >= 0.3 is 5.97 Å². The number of pyridine rings is 1. The molecule has 0 bridgehead atoms. The number of carbonyl (C=O) groups excluding carboxylic acids is 1. The maximum atomic E-state index is 11.7. The van der Waals surface area contributed by atoms with Crippen LogP contribution in [0.3, 0.4) is 0 Å². The summed E-state index contributed by atoms with van der Waals surface area (Å²) in [6.07, 6.45) is 1.46. The van der Waals surface area contributed by atoms with Crippen LogP contribution in [0, 0.1) is 11.3 Å². The molecule has 5 nitrogen and oxygen atoms in total. The lowest BCUT2D eigenvalue weighted by Gasteiger charge is -2.18. The minimum atomic E-state index is -1.39. The van der Waals surface area contributed by atoms with Crippen molar-refractivity contribution in [1.29, 1.82) is 5.26 Å². The van der Waals surface area contributed by atoms with Gasteiger partial charge in [0.1, 0.15) is 5.75 Å². The van der Waals surface area contributed by atoms with Gasteiger partial charge in [-0.25, -0.2) is 4.79 Å². The summed E-state index contributed by atoms with van der Waals surface area (Å²) in [5, 5.41) is 9.14. The number of hydrogen-bond acceptors (Lipinski definition) is 5. The fraction of sp³-hybridized carbons (Fsp3) is 0.417. The molecule has 1 atom stereocenters. The zero-order valence-electron chi connectivity index (χ0n) is 10.1. The van der Waals surface area contributed by atoms with Gasteiger partial charge in [0.2, 0.25) is 0 Å². The molecule has 0 aliphatic heterocycles. The van der Waals surface area contributed by atoms with E-state index in [4.69, 9.17) is 14.7 Å². The number of nitrogens with zero attached hydrogens (tertiary/aromatic N) is 2. The highest BCUT2D eigenvalue weighted by Crippen LogP contribution is 2.24. The normalized spacial score (nSPS) is 13.3. The summed E-state index contributed by atoms with van der Waals surface area (Å²) in [4.78, 5) is 15.8. The van der Waals surface area contributed by atoms with Crippen LogP contribution in [0.2, 0.25) is 0 Å². The molecule has 0 radical (unpaired) electrons. The number of ether oxygens (including phenoxy) is 2. The van der Waals surface area contributed by atoms with E-state index in [1.54, 1.807) is 19.1 Å². The van der Waals surface area contributed by atoms with E-state index >= 15 is 0 Å². The van der Waals surface area contributed by atoms with Crippen LogP contribution in [0.1, 0.15) is 19.5 Å². The van der Waals surface area contributed by atoms with Crippen molar-refractivity contribution in [3.05, 3.63) is 24.0 Å². The molecular formula is C12H14N2O3. The summed E-state index contributed by atoms with van der Waals surface area (Å²) in [6.45, 7) is 3.41. The van der Waals surface area contributed by atoms with Crippen LogP contribution in [-0.2, 0) is 14.9 Å². The SMILES string of the molecule is CCOC(=O)C(C)(C#N)c1ccc(OC)cn1. The molecule has 90 valence electrons. The van der Waals surface area contributed by atoms with Gasteiger partial charge in [0, 0.05) is 0 Å². The van der Waals surface area contributed by atoms with E-state index in [9.17, 15) is 4.79 Å². The van der Waals surface area contributed by atoms with E-state index in [1.165, 1.54) is 20.2 Å². The second-order valence-electron chi connectivity index (χ2n) is 3.54. The minimum Gasteiger partial charge on any atom is -0.495 e. The van der Waals surface area contributed by atoms with Crippen LogP contribution in [0.25, 0.3) is 0 Å². The Morgan fingerprint density at radius 3 is 2.71 bits per heavy atom. The summed E-state index contributed by atoms with van der Waals surface area (Å²) < 4.78 is 9.84. The molecule has 0 amide bonds. The monoisotopic (exact) mass is 234 g/mol. The number of carbonyl (C=O) groups is 1. The Hall–Kier alpha value is -2.09. The molecule has 0 spiro atoms. The molecule has 0 N–H and O–H groups in total. The van der Waals surface area contributed by atoms with Crippen LogP contribution in [0.5, 0.6) is 5.75 Å². The molecule has 0 saturated carbocycles. The van der Waals surface area contributed by atoms with E-state index in [2.05, 4.69) is 4.98 Å². The summed E-state index contributed by atoms with van der Waals surface area (Å²) in [5.74, 6) is -0.0296. The van der Waals surface area contributed by atoms with Crippen molar-refractivity contribution in [2.24, 2.45) is 0 Å². The molecular weight excluding hydrogens is 220 g/mol. The number of hydrogen-bond donors (Lipinski definition) is 0. The van der Waals surface area contributed by atoms with Crippen molar-refractivity contribution < 1.29 is 14.3 Å². The van der Waals surface area contributed by atoms with E-state index in [0.29, 0.717) is 11.4 Å². The van der Waals surface area contributed by atoms with Gasteiger partial charge in [-0.05, 0) is 26.0 Å². The van der Waals surface area contributed by atoms with Crippen molar-refractivity contribution in [1.82, 2.24) is 4.98 Å². The first kappa shape index (κ1) is 13.0. The average molecular weight is 234 g/mol. The van der Waals surface area contributed by atoms with Crippen molar-refractivity contribution >= 4 is 5.97 Å². The molecule has 0 aliphatic rings. The second-order valence-corrected chi connectivity index (χ2v) is 3.54. The fourth-order valence-electron chi connectivity index (χ4n) is 1.28. The van der Waals surface area contributed by atoms with Gasteiger partial charge in [-0.2, -0.15) is 5.26 Å². The van der Waals surface area contributed by atoms with Gasteiger partial charge < -0.3 is 9.47 Å². The van der Waals surface area contributed by atoms with Gasteiger partial charge in [-0.15, -0.1) is 0 Å². The van der Waals surface area contributed by atoms with Crippen molar-refractivity contribution in [3.63, 3.8) is 0 Å². The molecule has 0 aromatic carbocycles. The fourth-order valence-corrected chi connectivity index (χ4v) is 1.28. The Morgan fingerprint density at radius 2 is 2.29 bits per heavy atom. The maximum absolute atomic E-state index is 11.7. The lowest BCUT2D eigenvalue weighted by Crippen LogP contribution is -2.33. The van der Waals surface area contributed by atoms with E-state index in [-0.39, 0.29) is 6.61 Å². The molecule has 1 rings (SSSR count). The Bertz CT molecular complexity index is 436.